The molecule has 2 saturated heterocycles. The van der Waals surface area contributed by atoms with Crippen LogP contribution in [0.4, 0.5) is 4.79 Å². The zero-order valence-corrected chi connectivity index (χ0v) is 33.8. The summed E-state index contributed by atoms with van der Waals surface area (Å²) in [6.45, 7) is 17.6. The maximum Gasteiger partial charge on any atom is 0.315 e. The molecule has 5 atom stereocenters. The molecular weight excluding hydrogens is 688 g/mol. The van der Waals surface area contributed by atoms with E-state index in [1.165, 1.54) is 11.0 Å². The lowest BCUT2D eigenvalue weighted by molar-refractivity contribution is -0.153. The largest absolute Gasteiger partial charge is 0.346 e. The quantitative estimate of drug-likeness (QED) is 0.110. The fourth-order valence-corrected chi connectivity index (χ4v) is 8.56. The van der Waals surface area contributed by atoms with Crippen molar-refractivity contribution in [3.63, 3.8) is 0 Å². The molecule has 0 radical (unpaired) electrons. The topological polar surface area (TPSA) is 174 Å². The molecule has 4 fully saturated rings. The lowest BCUT2D eigenvalue weighted by Gasteiger charge is -2.40. The van der Waals surface area contributed by atoms with Crippen molar-refractivity contribution in [1.82, 2.24) is 31.1 Å². The molecule has 2 saturated carbocycles. The van der Waals surface area contributed by atoms with Crippen LogP contribution in [0.25, 0.3) is 0 Å². The van der Waals surface area contributed by atoms with Crippen LogP contribution in [0.3, 0.4) is 0 Å². The molecule has 302 valence electrons. The molecule has 1 unspecified atom stereocenters. The molecule has 13 nitrogen and oxygen atoms in total. The fourth-order valence-electron chi connectivity index (χ4n) is 8.56. The summed E-state index contributed by atoms with van der Waals surface area (Å²) in [5.74, 6) is -2.92. The fraction of sp³-hybridized carbons (Fsp3) is 0.780. The van der Waals surface area contributed by atoms with E-state index in [9.17, 15) is 33.6 Å². The number of likely N-dealkylation sites (tertiary alicyclic amines) is 2. The van der Waals surface area contributed by atoms with E-state index in [2.05, 4.69) is 27.8 Å². The van der Waals surface area contributed by atoms with Crippen LogP contribution in [0.2, 0.25) is 0 Å². The molecule has 0 aromatic carbocycles. The van der Waals surface area contributed by atoms with E-state index in [0.717, 1.165) is 51.4 Å². The monoisotopic (exact) mass is 754 g/mol. The van der Waals surface area contributed by atoms with Gasteiger partial charge in [-0.2, -0.15) is 0 Å². The van der Waals surface area contributed by atoms with Crippen molar-refractivity contribution in [2.75, 3.05) is 19.6 Å². The van der Waals surface area contributed by atoms with Gasteiger partial charge in [0.25, 0.3) is 5.91 Å². The molecule has 4 N–H and O–H groups in total. The first kappa shape index (κ1) is 43.0. The third kappa shape index (κ3) is 10.9. The number of hydrogen-bond donors (Lipinski definition) is 4. The molecular formula is C41H66N6O7. The van der Waals surface area contributed by atoms with Crippen molar-refractivity contribution in [2.24, 2.45) is 34.5 Å². The predicted octanol–water partition coefficient (Wildman–Crippen LogP) is 4.24. The van der Waals surface area contributed by atoms with E-state index in [1.807, 2.05) is 48.5 Å². The lowest BCUT2D eigenvalue weighted by atomic mass is 9.80. The second kappa shape index (κ2) is 18.2. The van der Waals surface area contributed by atoms with Gasteiger partial charge in [-0.3, -0.25) is 33.7 Å². The smallest absolute Gasteiger partial charge is 0.315 e. The van der Waals surface area contributed by atoms with Crippen LogP contribution in [0, 0.1) is 34.5 Å². The number of ketones is 1. The molecule has 4 rings (SSSR count). The molecule has 2 aliphatic heterocycles. The van der Waals surface area contributed by atoms with Gasteiger partial charge in [0.05, 0.1) is 12.1 Å². The number of rotatable bonds is 15. The Kier molecular flexibility index (Phi) is 14.5. The van der Waals surface area contributed by atoms with Gasteiger partial charge in [0.2, 0.25) is 29.4 Å². The number of nitrogens with zero attached hydrogens (tertiary/aromatic N) is 2. The number of urea groups is 1. The van der Waals surface area contributed by atoms with Gasteiger partial charge in [0.1, 0.15) is 12.1 Å². The predicted molar refractivity (Wildman–Crippen MR) is 206 cm³/mol. The summed E-state index contributed by atoms with van der Waals surface area (Å²) < 4.78 is 0. The molecule has 2 aliphatic carbocycles. The van der Waals surface area contributed by atoms with Crippen molar-refractivity contribution in [3.05, 3.63) is 12.7 Å². The molecule has 13 heteroatoms. The van der Waals surface area contributed by atoms with E-state index in [-0.39, 0.29) is 67.3 Å². The van der Waals surface area contributed by atoms with E-state index in [4.69, 9.17) is 0 Å². The van der Waals surface area contributed by atoms with Gasteiger partial charge in [-0.05, 0) is 60.2 Å². The summed E-state index contributed by atoms with van der Waals surface area (Å²) in [5, 5.41) is 11.5. The van der Waals surface area contributed by atoms with Crippen molar-refractivity contribution in [2.45, 2.75) is 150 Å². The van der Waals surface area contributed by atoms with Crippen LogP contribution in [0.15, 0.2) is 12.7 Å². The van der Waals surface area contributed by atoms with Gasteiger partial charge in [-0.25, -0.2) is 4.79 Å². The Balaban J connectivity index is 1.56. The molecule has 0 aromatic heterocycles. The average Bonchev–Trinajstić information content (AvgIpc) is 3.53. The zero-order valence-electron chi connectivity index (χ0n) is 33.8. The summed E-state index contributed by atoms with van der Waals surface area (Å²) in [5.41, 5.74) is -0.958. The van der Waals surface area contributed by atoms with Crippen LogP contribution in [0.5, 0.6) is 0 Å². The SMILES string of the molecule is C=CCNC(=O)C(=O)C(CC1CCC1)NC(=O)[C@@H]1[C@@H](C(C)C)CCN1C(=O)[C@@H](NC(=O)N[C@H](CN1C(=O)CC(C)(C)CC1=O)C(C)(C)C)C1CCCCC1. The third-order valence-corrected chi connectivity index (χ3v) is 12.2. The summed E-state index contributed by atoms with van der Waals surface area (Å²) in [6.07, 6.45) is 10.1. The molecule has 0 bridgehead atoms. The molecule has 0 aromatic rings. The van der Waals surface area contributed by atoms with Gasteiger partial charge in [-0.1, -0.05) is 93.1 Å². The van der Waals surface area contributed by atoms with E-state index in [0.29, 0.717) is 19.4 Å². The Morgan fingerprint density at radius 2 is 1.52 bits per heavy atom. The van der Waals surface area contributed by atoms with Crippen molar-refractivity contribution in [3.8, 4) is 0 Å². The Morgan fingerprint density at radius 3 is 2.06 bits per heavy atom. The highest BCUT2D eigenvalue weighted by molar-refractivity contribution is 6.38. The van der Waals surface area contributed by atoms with Gasteiger partial charge in [0, 0.05) is 32.5 Å². The second-order valence-electron chi connectivity index (χ2n) is 18.5. The summed E-state index contributed by atoms with van der Waals surface area (Å²) in [7, 11) is 0. The number of imide groups is 1. The summed E-state index contributed by atoms with van der Waals surface area (Å²) >= 11 is 0. The molecule has 4 aliphatic rings. The highest BCUT2D eigenvalue weighted by Crippen LogP contribution is 2.36. The van der Waals surface area contributed by atoms with Gasteiger partial charge in [-0.15, -0.1) is 6.58 Å². The minimum Gasteiger partial charge on any atom is -0.346 e. The minimum absolute atomic E-state index is 0.0174. The highest BCUT2D eigenvalue weighted by Gasteiger charge is 2.48. The maximum atomic E-state index is 14.8. The maximum absolute atomic E-state index is 14.8. The van der Waals surface area contributed by atoms with Gasteiger partial charge < -0.3 is 26.2 Å². The standard InChI is InChI=1S/C41H66N6O7/c1-9-19-42-37(52)35(50)29(21-26-14-13-15-26)43-36(51)34-28(25(2)3)18-20-46(34)38(53)33(27-16-11-10-12-17-27)45-39(54)44-30(40(4,5)6)24-47-31(48)22-41(7,8)23-32(47)49/h9,25-30,33-34H,1,10-24H2,2-8H3,(H,42,52)(H,43,51)(H2,44,45,54)/t28-,29?,30-,33+,34+/m1/s1. The minimum atomic E-state index is -1.02. The second-order valence-corrected chi connectivity index (χ2v) is 18.5. The lowest BCUT2D eigenvalue weighted by Crippen LogP contribution is -2.62. The Bertz CT molecular complexity index is 1410. The Morgan fingerprint density at radius 1 is 0.889 bits per heavy atom. The summed E-state index contributed by atoms with van der Waals surface area (Å²) in [6, 6.07) is -3.99. The Labute approximate surface area is 321 Å². The van der Waals surface area contributed by atoms with E-state index < -0.39 is 58.6 Å². The van der Waals surface area contributed by atoms with Crippen LogP contribution in [0.1, 0.15) is 126 Å². The number of Topliss-reactive ketones (excluding diaryl/α,β-unsaturated/α-hetero) is 1. The first-order chi connectivity index (χ1) is 25.3. The zero-order chi connectivity index (χ0) is 40.0. The van der Waals surface area contributed by atoms with Gasteiger partial charge in [0.15, 0.2) is 0 Å². The van der Waals surface area contributed by atoms with E-state index >= 15 is 0 Å². The molecule has 0 spiro atoms. The number of nitrogens with one attached hydrogen (secondary N) is 4. The molecule has 54 heavy (non-hydrogen) atoms. The first-order valence-corrected chi connectivity index (χ1v) is 20.3. The number of amides is 7. The normalized spacial score (nSPS) is 23.9. The number of carbonyl (C=O) groups is 7. The Hall–Kier alpha value is -3.77. The van der Waals surface area contributed by atoms with Crippen molar-refractivity contribution in [1.29, 1.82) is 0 Å². The average molecular weight is 755 g/mol. The third-order valence-electron chi connectivity index (χ3n) is 12.2. The number of piperidine rings is 1. The van der Waals surface area contributed by atoms with Crippen LogP contribution in [-0.4, -0.2) is 95.0 Å². The van der Waals surface area contributed by atoms with Crippen molar-refractivity contribution < 1.29 is 33.6 Å². The van der Waals surface area contributed by atoms with E-state index in [1.54, 1.807) is 4.90 Å². The van der Waals surface area contributed by atoms with Crippen LogP contribution in [-0.2, 0) is 28.8 Å². The van der Waals surface area contributed by atoms with Crippen LogP contribution < -0.4 is 21.3 Å². The molecule has 2 heterocycles. The van der Waals surface area contributed by atoms with Crippen LogP contribution >= 0.6 is 0 Å². The summed E-state index contributed by atoms with van der Waals surface area (Å²) in [4.78, 5) is 98.0. The molecule has 7 amide bonds. The van der Waals surface area contributed by atoms with Crippen molar-refractivity contribution >= 4 is 41.4 Å². The number of carbonyl (C=O) groups excluding carboxylic acids is 7. The highest BCUT2D eigenvalue weighted by atomic mass is 16.2. The first-order valence-electron chi connectivity index (χ1n) is 20.3. The number of hydrogen-bond acceptors (Lipinski definition) is 7. The van der Waals surface area contributed by atoms with Gasteiger partial charge >= 0.3 is 6.03 Å².